The molecule has 0 aromatic heterocycles. The molecule has 2 N–H and O–H groups in total. The van der Waals surface area contributed by atoms with Gasteiger partial charge in [-0.25, -0.2) is 0 Å². The lowest BCUT2D eigenvalue weighted by Crippen LogP contribution is -2.37. The van der Waals surface area contributed by atoms with E-state index in [0.717, 1.165) is 22.6 Å². The maximum atomic E-state index is 13.2. The van der Waals surface area contributed by atoms with Gasteiger partial charge < -0.3 is 25.0 Å². The summed E-state index contributed by atoms with van der Waals surface area (Å²) in [5.41, 5.74) is 2.97. The molecule has 0 saturated carbocycles. The molecule has 180 valence electrons. The minimum absolute atomic E-state index is 0.0253. The van der Waals surface area contributed by atoms with E-state index in [1.807, 2.05) is 59.5 Å². The zero-order valence-electron chi connectivity index (χ0n) is 19.5. The summed E-state index contributed by atoms with van der Waals surface area (Å²) >= 11 is 1.80. The van der Waals surface area contributed by atoms with Gasteiger partial charge in [-0.15, -0.1) is 11.8 Å². The van der Waals surface area contributed by atoms with Gasteiger partial charge in [0.1, 0.15) is 0 Å². The molecule has 3 aromatic carbocycles. The highest BCUT2D eigenvalue weighted by atomic mass is 32.2. The van der Waals surface area contributed by atoms with Crippen LogP contribution in [0, 0.1) is 0 Å². The van der Waals surface area contributed by atoms with E-state index in [0.29, 0.717) is 41.1 Å². The van der Waals surface area contributed by atoms with E-state index in [4.69, 9.17) is 9.47 Å². The third kappa shape index (κ3) is 5.22. The number of hydrogen-bond acceptors (Lipinski definition) is 6. The van der Waals surface area contributed by atoms with Crippen molar-refractivity contribution < 1.29 is 19.1 Å². The van der Waals surface area contributed by atoms with Crippen molar-refractivity contribution in [2.24, 2.45) is 0 Å². The van der Waals surface area contributed by atoms with Crippen molar-refractivity contribution in [1.29, 1.82) is 0 Å². The van der Waals surface area contributed by atoms with E-state index in [9.17, 15) is 9.59 Å². The Bertz CT molecular complexity index is 1250. The Labute approximate surface area is 208 Å². The molecule has 2 aliphatic heterocycles. The predicted molar refractivity (Wildman–Crippen MR) is 137 cm³/mol. The summed E-state index contributed by atoms with van der Waals surface area (Å²) in [6.45, 7) is 3.52. The normalized spacial score (nSPS) is 16.3. The molecular formula is C27H27N3O4S. The fourth-order valence-corrected chi connectivity index (χ4v) is 5.29. The van der Waals surface area contributed by atoms with Crippen LogP contribution in [-0.4, -0.2) is 36.9 Å². The zero-order valence-corrected chi connectivity index (χ0v) is 20.3. The number of fused-ring (bicyclic) bond motifs is 2. The van der Waals surface area contributed by atoms with Crippen molar-refractivity contribution in [2.75, 3.05) is 30.1 Å². The average molecular weight is 490 g/mol. The lowest BCUT2D eigenvalue weighted by atomic mass is 10.1. The molecule has 0 aliphatic carbocycles. The molecule has 2 amide bonds. The van der Waals surface area contributed by atoms with Crippen molar-refractivity contribution in [3.8, 4) is 11.5 Å². The number of carbonyl (C=O) groups is 2. The van der Waals surface area contributed by atoms with Gasteiger partial charge in [0.15, 0.2) is 11.5 Å². The smallest absolute Gasteiger partial charge is 0.253 e. The molecule has 3 aromatic rings. The second kappa shape index (κ2) is 10.3. The number of anilines is 2. The van der Waals surface area contributed by atoms with Crippen molar-refractivity contribution in [2.45, 2.75) is 30.0 Å². The van der Waals surface area contributed by atoms with Gasteiger partial charge in [0, 0.05) is 28.9 Å². The summed E-state index contributed by atoms with van der Waals surface area (Å²) in [4.78, 5) is 29.1. The monoisotopic (exact) mass is 489 g/mol. The van der Waals surface area contributed by atoms with Crippen molar-refractivity contribution in [1.82, 2.24) is 5.32 Å². The molecular weight excluding hydrogens is 462 g/mol. The summed E-state index contributed by atoms with van der Waals surface area (Å²) in [5, 5.41) is 6.58. The molecule has 2 aliphatic rings. The van der Waals surface area contributed by atoms with E-state index >= 15 is 0 Å². The molecule has 0 spiro atoms. The Kier molecular flexibility index (Phi) is 6.81. The van der Waals surface area contributed by atoms with Crippen LogP contribution in [0.4, 0.5) is 11.4 Å². The van der Waals surface area contributed by atoms with E-state index in [1.165, 1.54) is 0 Å². The molecule has 0 radical (unpaired) electrons. The van der Waals surface area contributed by atoms with Crippen molar-refractivity contribution in [3.63, 3.8) is 0 Å². The van der Waals surface area contributed by atoms with Gasteiger partial charge in [-0.3, -0.25) is 9.59 Å². The summed E-state index contributed by atoms with van der Waals surface area (Å²) in [5.74, 6) is 1.14. The van der Waals surface area contributed by atoms with Crippen LogP contribution < -0.4 is 25.0 Å². The van der Waals surface area contributed by atoms with Gasteiger partial charge in [0.05, 0.1) is 17.8 Å². The number of nitrogens with one attached hydrogen (secondary N) is 2. The molecule has 7 nitrogen and oxygen atoms in total. The maximum Gasteiger partial charge on any atom is 0.253 e. The van der Waals surface area contributed by atoms with Crippen LogP contribution in [0.2, 0.25) is 0 Å². The Hall–Kier alpha value is -3.65. The number of hydrogen-bond donors (Lipinski definition) is 2. The fourth-order valence-electron chi connectivity index (χ4n) is 4.18. The van der Waals surface area contributed by atoms with Gasteiger partial charge in [-0.1, -0.05) is 37.3 Å². The lowest BCUT2D eigenvalue weighted by Gasteiger charge is -2.23. The number of ether oxygens (including phenoxy) is 2. The van der Waals surface area contributed by atoms with E-state index in [1.54, 1.807) is 17.8 Å². The van der Waals surface area contributed by atoms with Crippen LogP contribution in [0.5, 0.6) is 11.5 Å². The molecule has 1 atom stereocenters. The first-order chi connectivity index (χ1) is 17.1. The van der Waals surface area contributed by atoms with E-state index in [2.05, 4.69) is 23.6 Å². The Morgan fingerprint density at radius 2 is 1.83 bits per heavy atom. The van der Waals surface area contributed by atoms with Crippen LogP contribution in [0.25, 0.3) is 0 Å². The Morgan fingerprint density at radius 3 is 2.74 bits per heavy atom. The van der Waals surface area contributed by atoms with Gasteiger partial charge in [-0.05, 0) is 48.4 Å². The third-order valence-corrected chi connectivity index (χ3v) is 7.27. The number of benzene rings is 3. The minimum atomic E-state index is -0.219. The third-order valence-electron chi connectivity index (χ3n) is 6.04. The van der Waals surface area contributed by atoms with Crippen LogP contribution in [0.15, 0.2) is 71.6 Å². The second-order valence-electron chi connectivity index (χ2n) is 8.50. The molecule has 35 heavy (non-hydrogen) atoms. The zero-order chi connectivity index (χ0) is 24.2. The highest BCUT2D eigenvalue weighted by Gasteiger charge is 2.24. The highest BCUT2D eigenvalue weighted by Crippen LogP contribution is 2.37. The molecule has 8 heteroatoms. The fraction of sp³-hybridized carbons (Fsp3) is 0.259. The SMILES string of the molecule is CC1CCN(C(=O)CNc2ccccc2C(=O)NCc2ccc3c(c2)OCO3)c2ccccc2S1. The predicted octanol–water partition coefficient (Wildman–Crippen LogP) is 4.67. The molecule has 5 rings (SSSR count). The topological polar surface area (TPSA) is 79.9 Å². The standard InChI is InChI=1S/C27H27N3O4S/c1-18-12-13-30(22-8-4-5-9-25(22)35-18)26(31)16-28-21-7-3-2-6-20(21)27(32)29-15-19-10-11-23-24(14-19)34-17-33-23/h2-11,14,18,28H,12-13,15-17H2,1H3,(H,29,32). The molecule has 0 saturated heterocycles. The van der Waals surface area contributed by atoms with Crippen molar-refractivity contribution >= 4 is 35.0 Å². The van der Waals surface area contributed by atoms with Gasteiger partial charge in [-0.2, -0.15) is 0 Å². The average Bonchev–Trinajstić information content (AvgIpc) is 3.28. The number of carbonyl (C=O) groups excluding carboxylic acids is 2. The summed E-state index contributed by atoms with van der Waals surface area (Å²) in [6, 6.07) is 20.9. The number of thioether (sulfide) groups is 1. The van der Waals surface area contributed by atoms with E-state index in [-0.39, 0.29) is 25.2 Å². The summed E-state index contributed by atoms with van der Waals surface area (Å²) in [6.07, 6.45) is 0.921. The second-order valence-corrected chi connectivity index (χ2v) is 9.98. The minimum Gasteiger partial charge on any atom is -0.454 e. The molecule has 2 heterocycles. The number of nitrogens with zero attached hydrogens (tertiary/aromatic N) is 1. The summed E-state index contributed by atoms with van der Waals surface area (Å²) in [7, 11) is 0. The first-order valence-corrected chi connectivity index (χ1v) is 12.5. The highest BCUT2D eigenvalue weighted by molar-refractivity contribution is 8.00. The van der Waals surface area contributed by atoms with Crippen LogP contribution >= 0.6 is 11.8 Å². The number of rotatable bonds is 6. The Balaban J connectivity index is 1.24. The first kappa shape index (κ1) is 23.1. The quantitative estimate of drug-likeness (QED) is 0.524. The van der Waals surface area contributed by atoms with Crippen molar-refractivity contribution in [3.05, 3.63) is 77.9 Å². The van der Waals surface area contributed by atoms with E-state index < -0.39 is 0 Å². The van der Waals surface area contributed by atoms with Gasteiger partial charge in [0.25, 0.3) is 5.91 Å². The van der Waals surface area contributed by atoms with Gasteiger partial charge >= 0.3 is 0 Å². The first-order valence-electron chi connectivity index (χ1n) is 11.6. The molecule has 0 fully saturated rings. The summed E-state index contributed by atoms with van der Waals surface area (Å²) < 4.78 is 10.7. The van der Waals surface area contributed by atoms with Gasteiger partial charge in [0.2, 0.25) is 12.7 Å². The Morgan fingerprint density at radius 1 is 1.03 bits per heavy atom. The van der Waals surface area contributed by atoms with Crippen LogP contribution in [0.3, 0.4) is 0 Å². The maximum absolute atomic E-state index is 13.2. The molecule has 0 bridgehead atoms. The lowest BCUT2D eigenvalue weighted by molar-refractivity contribution is -0.117. The largest absolute Gasteiger partial charge is 0.454 e. The van der Waals surface area contributed by atoms with Crippen LogP contribution in [-0.2, 0) is 11.3 Å². The molecule has 1 unspecified atom stereocenters. The van der Waals surface area contributed by atoms with Crippen LogP contribution in [0.1, 0.15) is 29.3 Å². The number of amides is 2. The number of para-hydroxylation sites is 2.